The number of rotatable bonds is 8. The fourth-order valence-corrected chi connectivity index (χ4v) is 4.51. The maximum Gasteiger partial charge on any atom is 0.310 e. The summed E-state index contributed by atoms with van der Waals surface area (Å²) in [6.45, 7) is 2.39. The molecule has 0 aliphatic heterocycles. The van der Waals surface area contributed by atoms with Gasteiger partial charge in [0.15, 0.2) is 5.78 Å². The van der Waals surface area contributed by atoms with Crippen molar-refractivity contribution in [2.45, 2.75) is 32.6 Å². The minimum absolute atomic E-state index is 0.106. The molecule has 0 fully saturated rings. The van der Waals surface area contributed by atoms with Crippen LogP contribution in [0.15, 0.2) is 66.7 Å². The quantitative estimate of drug-likeness (QED) is 0.503. The number of carboxylic acid groups (broad SMARTS) is 1. The molecule has 0 amide bonds. The maximum atomic E-state index is 13.1. The third kappa shape index (κ3) is 4.80. The number of carbonyl (C=O) groups excluding carboxylic acids is 1. The highest BCUT2D eigenvalue weighted by molar-refractivity contribution is 5.99. The lowest BCUT2D eigenvalue weighted by Crippen LogP contribution is -2.34. The van der Waals surface area contributed by atoms with Gasteiger partial charge in [-0.05, 0) is 54.7 Å². The molecule has 5 heteroatoms. The molecule has 4 rings (SSSR count). The van der Waals surface area contributed by atoms with Crippen LogP contribution in [-0.4, -0.2) is 23.5 Å². The monoisotopic (exact) mass is 439 g/mol. The van der Waals surface area contributed by atoms with Crippen LogP contribution in [0.5, 0.6) is 5.75 Å². The first-order valence-electron chi connectivity index (χ1n) is 11.0. The summed E-state index contributed by atoms with van der Waals surface area (Å²) in [7, 11) is 0. The Kier molecular flexibility index (Phi) is 6.28. The van der Waals surface area contributed by atoms with E-state index in [4.69, 9.17) is 4.74 Å². The summed E-state index contributed by atoms with van der Waals surface area (Å²) < 4.78 is 5.86. The van der Waals surface area contributed by atoms with Gasteiger partial charge >= 0.3 is 5.97 Å². The average Bonchev–Trinajstić information content (AvgIpc) is 3.18. The smallest absolute Gasteiger partial charge is 0.310 e. The number of hydrogen-bond donors (Lipinski definition) is 1. The largest absolute Gasteiger partial charge is 0.492 e. The van der Waals surface area contributed by atoms with Gasteiger partial charge in [-0.3, -0.25) is 9.59 Å². The number of fused-ring (bicyclic) bond motifs is 1. The molecule has 1 N–H and O–H groups in total. The van der Waals surface area contributed by atoms with Gasteiger partial charge in [0, 0.05) is 18.4 Å². The molecule has 0 saturated carbocycles. The molecule has 0 aromatic heterocycles. The summed E-state index contributed by atoms with van der Waals surface area (Å²) >= 11 is 0. The van der Waals surface area contributed by atoms with E-state index in [1.807, 2.05) is 49.4 Å². The summed E-state index contributed by atoms with van der Waals surface area (Å²) in [5.41, 5.74) is 3.80. The summed E-state index contributed by atoms with van der Waals surface area (Å²) in [4.78, 5) is 25.4. The van der Waals surface area contributed by atoms with E-state index in [2.05, 4.69) is 12.1 Å². The van der Waals surface area contributed by atoms with E-state index in [0.717, 1.165) is 16.7 Å². The molecule has 3 aromatic rings. The van der Waals surface area contributed by atoms with Gasteiger partial charge in [0.1, 0.15) is 11.8 Å². The van der Waals surface area contributed by atoms with Crippen LogP contribution < -0.4 is 4.74 Å². The van der Waals surface area contributed by atoms with Crippen molar-refractivity contribution in [3.8, 4) is 11.8 Å². The topological polar surface area (TPSA) is 87.4 Å². The first-order chi connectivity index (χ1) is 15.9. The number of Topliss-reactive ketones (excluding diaryl/α,β-unsaturated/α-hetero) is 1. The molecular weight excluding hydrogens is 414 g/mol. The molecule has 0 saturated heterocycles. The Morgan fingerprint density at radius 2 is 1.76 bits per heavy atom. The van der Waals surface area contributed by atoms with Gasteiger partial charge in [-0.15, -0.1) is 0 Å². The van der Waals surface area contributed by atoms with Crippen molar-refractivity contribution in [1.29, 1.82) is 5.26 Å². The van der Waals surface area contributed by atoms with E-state index >= 15 is 0 Å². The van der Waals surface area contributed by atoms with Crippen LogP contribution in [-0.2, 0) is 24.1 Å². The normalized spacial score (nSPS) is 13.7. The number of nitriles is 1. The van der Waals surface area contributed by atoms with E-state index in [1.54, 1.807) is 18.2 Å². The molecular formula is C28H25NO4. The Hall–Kier alpha value is -3.91. The van der Waals surface area contributed by atoms with Crippen LogP contribution >= 0.6 is 0 Å². The molecule has 0 heterocycles. The third-order valence-corrected chi connectivity index (χ3v) is 6.28. The number of nitrogens with zero attached hydrogens (tertiary/aromatic N) is 1. The van der Waals surface area contributed by atoms with E-state index in [-0.39, 0.29) is 12.2 Å². The van der Waals surface area contributed by atoms with Gasteiger partial charge in [-0.25, -0.2) is 0 Å². The Labute approximate surface area is 193 Å². The number of hydrogen-bond acceptors (Lipinski definition) is 4. The summed E-state index contributed by atoms with van der Waals surface area (Å²) in [6, 6.07) is 22.5. The van der Waals surface area contributed by atoms with E-state index in [1.165, 1.54) is 5.56 Å². The second-order valence-corrected chi connectivity index (χ2v) is 8.72. The number of ether oxygens (including phenoxy) is 1. The number of benzene rings is 3. The molecule has 1 aliphatic rings. The minimum Gasteiger partial charge on any atom is -0.492 e. The fraction of sp³-hybridized carbons (Fsp3) is 0.250. The molecule has 0 atom stereocenters. The van der Waals surface area contributed by atoms with E-state index in [9.17, 15) is 20.0 Å². The molecule has 0 bridgehead atoms. The number of carbonyl (C=O) groups is 2. The standard InChI is InChI=1S/C28H25NO4/c1-19-5-4-6-20(13-19)11-12-33-26-14-21(9-10-24(26)18-29)25(30)17-28(27(31)32)15-22-7-2-3-8-23(22)16-28/h2-10,13-14H,11-12,15-17H2,1H3,(H,31,32). The van der Waals surface area contributed by atoms with Crippen LogP contribution in [0, 0.1) is 23.7 Å². The molecule has 5 nitrogen and oxygen atoms in total. The number of aryl methyl sites for hydroxylation is 1. The lowest BCUT2D eigenvalue weighted by molar-refractivity contribution is -0.148. The minimum atomic E-state index is -1.15. The predicted molar refractivity (Wildman–Crippen MR) is 124 cm³/mol. The molecule has 3 aromatic carbocycles. The van der Waals surface area contributed by atoms with E-state index < -0.39 is 11.4 Å². The SMILES string of the molecule is Cc1cccc(CCOc2cc(C(=O)CC3(C(=O)O)Cc4ccccc4C3)ccc2C#N)c1. The Bertz CT molecular complexity index is 1230. The molecule has 1 aliphatic carbocycles. The summed E-state index contributed by atoms with van der Waals surface area (Å²) in [5, 5.41) is 19.4. The van der Waals surface area contributed by atoms with Crippen molar-refractivity contribution in [3.05, 3.63) is 100 Å². The average molecular weight is 440 g/mol. The van der Waals surface area contributed by atoms with Crippen LogP contribution in [0.3, 0.4) is 0 Å². The van der Waals surface area contributed by atoms with Gasteiger partial charge in [-0.2, -0.15) is 5.26 Å². The van der Waals surface area contributed by atoms with Crippen LogP contribution in [0.4, 0.5) is 0 Å². The maximum absolute atomic E-state index is 13.1. The first-order valence-corrected chi connectivity index (χ1v) is 11.0. The Balaban J connectivity index is 1.50. The fourth-order valence-electron chi connectivity index (χ4n) is 4.51. The lowest BCUT2D eigenvalue weighted by atomic mass is 9.79. The summed E-state index contributed by atoms with van der Waals surface area (Å²) in [5.74, 6) is -0.886. The van der Waals surface area contributed by atoms with Crippen LogP contribution in [0.25, 0.3) is 0 Å². The zero-order valence-corrected chi connectivity index (χ0v) is 18.5. The third-order valence-electron chi connectivity index (χ3n) is 6.28. The highest BCUT2D eigenvalue weighted by Crippen LogP contribution is 2.41. The second-order valence-electron chi connectivity index (χ2n) is 8.72. The first kappa shape index (κ1) is 22.3. The number of carboxylic acids is 1. The van der Waals surface area contributed by atoms with Crippen LogP contribution in [0.1, 0.15) is 44.6 Å². The van der Waals surface area contributed by atoms with Crippen molar-refractivity contribution in [2.75, 3.05) is 6.61 Å². The lowest BCUT2D eigenvalue weighted by Gasteiger charge is -2.23. The molecule has 0 radical (unpaired) electrons. The highest BCUT2D eigenvalue weighted by atomic mass is 16.5. The Morgan fingerprint density at radius 3 is 2.39 bits per heavy atom. The second kappa shape index (κ2) is 9.30. The summed E-state index contributed by atoms with van der Waals surface area (Å²) in [6.07, 6.45) is 1.23. The van der Waals surface area contributed by atoms with Crippen molar-refractivity contribution in [1.82, 2.24) is 0 Å². The van der Waals surface area contributed by atoms with E-state index in [0.29, 0.717) is 42.7 Å². The van der Waals surface area contributed by atoms with Gasteiger partial charge in [-0.1, -0.05) is 54.1 Å². The molecule has 166 valence electrons. The van der Waals surface area contributed by atoms with Crippen LogP contribution in [0.2, 0.25) is 0 Å². The molecule has 0 spiro atoms. The van der Waals surface area contributed by atoms with Gasteiger partial charge in [0.25, 0.3) is 0 Å². The van der Waals surface area contributed by atoms with Crippen molar-refractivity contribution in [2.24, 2.45) is 5.41 Å². The highest BCUT2D eigenvalue weighted by Gasteiger charge is 2.45. The number of ketones is 1. The van der Waals surface area contributed by atoms with Crippen molar-refractivity contribution >= 4 is 11.8 Å². The zero-order valence-electron chi connectivity index (χ0n) is 18.5. The van der Waals surface area contributed by atoms with Crippen molar-refractivity contribution in [3.63, 3.8) is 0 Å². The predicted octanol–water partition coefficient (Wildman–Crippen LogP) is 4.93. The van der Waals surface area contributed by atoms with Crippen molar-refractivity contribution < 1.29 is 19.4 Å². The Morgan fingerprint density at radius 1 is 1.03 bits per heavy atom. The molecule has 0 unspecified atom stereocenters. The van der Waals surface area contributed by atoms with Gasteiger partial charge in [0.05, 0.1) is 17.6 Å². The molecule has 33 heavy (non-hydrogen) atoms. The van der Waals surface area contributed by atoms with Gasteiger partial charge in [0.2, 0.25) is 0 Å². The van der Waals surface area contributed by atoms with Gasteiger partial charge < -0.3 is 9.84 Å². The number of aliphatic carboxylic acids is 1. The zero-order chi connectivity index (χ0) is 23.4.